The summed E-state index contributed by atoms with van der Waals surface area (Å²) in [5.74, 6) is -0.297. The molecule has 0 spiro atoms. The molecule has 1 N–H and O–H groups in total. The molecule has 0 aliphatic rings. The van der Waals surface area contributed by atoms with Crippen molar-refractivity contribution >= 4 is 11.6 Å². The van der Waals surface area contributed by atoms with Gasteiger partial charge in [-0.2, -0.15) is 5.26 Å². The van der Waals surface area contributed by atoms with E-state index in [4.69, 9.17) is 16.9 Å². The molecular weight excluding hydrogens is 226 g/mol. The van der Waals surface area contributed by atoms with Crippen molar-refractivity contribution in [3.63, 3.8) is 0 Å². The lowest BCUT2D eigenvalue weighted by Crippen LogP contribution is -2.16. The van der Waals surface area contributed by atoms with Crippen LogP contribution in [0.15, 0.2) is 11.0 Å². The maximum atomic E-state index is 12.7. The molecule has 1 rings (SSSR count). The van der Waals surface area contributed by atoms with Crippen molar-refractivity contribution in [3.8, 4) is 6.07 Å². The molecule has 0 atom stereocenters. The Kier molecular flexibility index (Phi) is 3.81. The molecule has 0 unspecified atom stereocenters. The maximum Gasteiger partial charge on any atom is 0.264 e. The minimum absolute atomic E-state index is 0.114. The van der Waals surface area contributed by atoms with Crippen LogP contribution in [-0.2, 0) is 12.3 Å². The van der Waals surface area contributed by atoms with Crippen LogP contribution in [0.3, 0.4) is 0 Å². The van der Waals surface area contributed by atoms with Crippen molar-refractivity contribution in [2.24, 2.45) is 0 Å². The standard InChI is InChI=1S/C9H7ClF2N2O/c10-3-6-7(8(11)12)5(1-2-13)4-14-9(6)15/h4,8H,1,3H2,(H,14,15). The Morgan fingerprint density at radius 1 is 1.60 bits per heavy atom. The van der Waals surface area contributed by atoms with Gasteiger partial charge in [-0.1, -0.05) is 0 Å². The first-order valence-electron chi connectivity index (χ1n) is 4.06. The van der Waals surface area contributed by atoms with Gasteiger partial charge >= 0.3 is 0 Å². The van der Waals surface area contributed by atoms with Crippen molar-refractivity contribution < 1.29 is 8.78 Å². The van der Waals surface area contributed by atoms with E-state index in [-0.39, 0.29) is 23.4 Å². The van der Waals surface area contributed by atoms with Crippen LogP contribution in [0.25, 0.3) is 0 Å². The first kappa shape index (κ1) is 11.7. The number of rotatable bonds is 3. The molecule has 0 amide bonds. The predicted molar refractivity (Wildman–Crippen MR) is 50.9 cm³/mol. The maximum absolute atomic E-state index is 12.7. The molecule has 0 aliphatic heterocycles. The van der Waals surface area contributed by atoms with Gasteiger partial charge < -0.3 is 4.98 Å². The van der Waals surface area contributed by atoms with Gasteiger partial charge in [0.1, 0.15) is 0 Å². The fraction of sp³-hybridized carbons (Fsp3) is 0.333. The third-order valence-corrected chi connectivity index (χ3v) is 2.21. The van der Waals surface area contributed by atoms with Gasteiger partial charge in [-0.3, -0.25) is 4.79 Å². The zero-order chi connectivity index (χ0) is 11.4. The Morgan fingerprint density at radius 3 is 2.73 bits per heavy atom. The second-order valence-electron chi connectivity index (χ2n) is 2.80. The molecule has 1 heterocycles. The normalized spacial score (nSPS) is 10.3. The number of nitrogens with zero attached hydrogens (tertiary/aromatic N) is 1. The highest BCUT2D eigenvalue weighted by atomic mass is 35.5. The fourth-order valence-electron chi connectivity index (χ4n) is 1.27. The minimum atomic E-state index is -2.80. The number of hydrogen-bond donors (Lipinski definition) is 1. The van der Waals surface area contributed by atoms with Crippen LogP contribution in [-0.4, -0.2) is 4.98 Å². The summed E-state index contributed by atoms with van der Waals surface area (Å²) in [7, 11) is 0. The first-order valence-corrected chi connectivity index (χ1v) is 4.59. The lowest BCUT2D eigenvalue weighted by atomic mass is 10.0. The summed E-state index contributed by atoms with van der Waals surface area (Å²) in [4.78, 5) is 13.5. The van der Waals surface area contributed by atoms with E-state index in [1.54, 1.807) is 6.07 Å². The summed E-state index contributed by atoms with van der Waals surface area (Å²) in [5.41, 5.74) is -1.11. The van der Waals surface area contributed by atoms with Gasteiger partial charge in [0.25, 0.3) is 12.0 Å². The molecule has 0 radical (unpaired) electrons. The van der Waals surface area contributed by atoms with Crippen LogP contribution in [0.2, 0.25) is 0 Å². The molecule has 15 heavy (non-hydrogen) atoms. The van der Waals surface area contributed by atoms with Crippen LogP contribution in [0, 0.1) is 11.3 Å². The third-order valence-electron chi connectivity index (χ3n) is 1.94. The van der Waals surface area contributed by atoms with E-state index in [2.05, 4.69) is 4.98 Å². The fourth-order valence-corrected chi connectivity index (χ4v) is 1.53. The molecule has 6 heteroatoms. The number of pyridine rings is 1. The number of nitrogens with one attached hydrogen (secondary N) is 1. The molecule has 0 fully saturated rings. The van der Waals surface area contributed by atoms with E-state index in [9.17, 15) is 13.6 Å². The molecule has 1 aromatic rings. The Hall–Kier alpha value is -1.41. The van der Waals surface area contributed by atoms with E-state index in [0.717, 1.165) is 6.20 Å². The Balaban J connectivity index is 3.43. The highest BCUT2D eigenvalue weighted by Crippen LogP contribution is 2.25. The van der Waals surface area contributed by atoms with Crippen molar-refractivity contribution in [2.75, 3.05) is 0 Å². The molecular formula is C9H7ClF2N2O. The Bertz CT molecular complexity index is 450. The zero-order valence-corrected chi connectivity index (χ0v) is 8.31. The van der Waals surface area contributed by atoms with Gasteiger partial charge in [0, 0.05) is 17.3 Å². The number of nitriles is 1. The lowest BCUT2D eigenvalue weighted by molar-refractivity contribution is 0.149. The summed E-state index contributed by atoms with van der Waals surface area (Å²) < 4.78 is 25.3. The second-order valence-corrected chi connectivity index (χ2v) is 3.07. The lowest BCUT2D eigenvalue weighted by Gasteiger charge is -2.09. The van der Waals surface area contributed by atoms with Crippen molar-refractivity contribution in [1.29, 1.82) is 5.26 Å². The summed E-state index contributed by atoms with van der Waals surface area (Å²) in [6.07, 6.45) is -1.85. The van der Waals surface area contributed by atoms with Gasteiger partial charge in [0.2, 0.25) is 0 Å². The van der Waals surface area contributed by atoms with Crippen molar-refractivity contribution in [1.82, 2.24) is 4.98 Å². The molecule has 0 saturated carbocycles. The molecule has 0 aromatic carbocycles. The average Bonchev–Trinajstić information content (AvgIpc) is 2.20. The van der Waals surface area contributed by atoms with Gasteiger partial charge in [-0.25, -0.2) is 8.78 Å². The first-order chi connectivity index (χ1) is 7.11. The number of alkyl halides is 3. The highest BCUT2D eigenvalue weighted by Gasteiger charge is 2.19. The topological polar surface area (TPSA) is 56.6 Å². The van der Waals surface area contributed by atoms with Crippen LogP contribution < -0.4 is 5.56 Å². The molecule has 0 bridgehead atoms. The van der Waals surface area contributed by atoms with Gasteiger partial charge in [0.15, 0.2) is 0 Å². The quantitative estimate of drug-likeness (QED) is 0.812. The van der Waals surface area contributed by atoms with Crippen LogP contribution in [0.1, 0.15) is 23.1 Å². The number of halogens is 3. The van der Waals surface area contributed by atoms with Crippen LogP contribution in [0.5, 0.6) is 0 Å². The van der Waals surface area contributed by atoms with E-state index in [1.165, 1.54) is 0 Å². The van der Waals surface area contributed by atoms with Gasteiger partial charge in [0.05, 0.1) is 18.4 Å². The van der Waals surface area contributed by atoms with Crippen molar-refractivity contribution in [3.05, 3.63) is 33.2 Å². The number of aromatic nitrogens is 1. The summed E-state index contributed by atoms with van der Waals surface area (Å²) in [6, 6.07) is 1.75. The molecule has 3 nitrogen and oxygen atoms in total. The monoisotopic (exact) mass is 232 g/mol. The number of hydrogen-bond acceptors (Lipinski definition) is 2. The van der Waals surface area contributed by atoms with Gasteiger partial charge in [-0.05, 0) is 5.56 Å². The van der Waals surface area contributed by atoms with E-state index in [0.29, 0.717) is 0 Å². The molecule has 0 saturated heterocycles. The van der Waals surface area contributed by atoms with E-state index >= 15 is 0 Å². The molecule has 80 valence electrons. The largest absolute Gasteiger partial charge is 0.329 e. The predicted octanol–water partition coefficient (Wildman–Crippen LogP) is 2.12. The third kappa shape index (κ3) is 2.34. The second kappa shape index (κ2) is 4.89. The molecule has 1 aromatic heterocycles. The highest BCUT2D eigenvalue weighted by molar-refractivity contribution is 6.17. The average molecular weight is 233 g/mol. The van der Waals surface area contributed by atoms with Gasteiger partial charge in [-0.15, -0.1) is 11.6 Å². The number of aromatic amines is 1. The summed E-state index contributed by atoms with van der Waals surface area (Å²) >= 11 is 5.42. The smallest absolute Gasteiger partial charge is 0.264 e. The SMILES string of the molecule is N#CCc1c[nH]c(=O)c(CCl)c1C(F)F. The summed E-state index contributed by atoms with van der Waals surface area (Å²) in [5, 5.41) is 8.44. The summed E-state index contributed by atoms with van der Waals surface area (Å²) in [6.45, 7) is 0. The minimum Gasteiger partial charge on any atom is -0.329 e. The van der Waals surface area contributed by atoms with E-state index in [1.807, 2.05) is 0 Å². The Labute approximate surface area is 89.3 Å². The van der Waals surface area contributed by atoms with Crippen LogP contribution >= 0.6 is 11.6 Å². The number of H-pyrrole nitrogens is 1. The zero-order valence-electron chi connectivity index (χ0n) is 7.56. The van der Waals surface area contributed by atoms with Crippen molar-refractivity contribution in [2.45, 2.75) is 18.7 Å². The molecule has 0 aliphatic carbocycles. The Morgan fingerprint density at radius 2 is 2.27 bits per heavy atom. The van der Waals surface area contributed by atoms with Crippen LogP contribution in [0.4, 0.5) is 8.78 Å². The van der Waals surface area contributed by atoms with E-state index < -0.39 is 17.5 Å².